The van der Waals surface area contributed by atoms with Crippen molar-refractivity contribution in [1.29, 1.82) is 0 Å². The molecule has 0 aliphatic heterocycles. The summed E-state index contributed by atoms with van der Waals surface area (Å²) >= 11 is 5.98. The third kappa shape index (κ3) is 3.31. The Bertz CT molecular complexity index is 888. The van der Waals surface area contributed by atoms with Gasteiger partial charge in [-0.2, -0.15) is 0 Å². The molecule has 0 fully saturated rings. The van der Waals surface area contributed by atoms with Gasteiger partial charge in [-0.3, -0.25) is 4.79 Å². The molecule has 0 aliphatic carbocycles. The van der Waals surface area contributed by atoms with E-state index in [-0.39, 0.29) is 12.3 Å². The van der Waals surface area contributed by atoms with Crippen molar-refractivity contribution in [3.05, 3.63) is 53.2 Å². The highest BCUT2D eigenvalue weighted by atomic mass is 35.5. The summed E-state index contributed by atoms with van der Waals surface area (Å²) in [6.45, 7) is 0. The average Bonchev–Trinajstić information content (AvgIpc) is 2.97. The van der Waals surface area contributed by atoms with Gasteiger partial charge in [-0.15, -0.1) is 0 Å². The maximum absolute atomic E-state index is 12.4. The molecule has 0 saturated carbocycles. The summed E-state index contributed by atoms with van der Waals surface area (Å²) in [4.78, 5) is 12.4. The molecule has 2 aromatic carbocycles. The molecule has 0 spiro atoms. The van der Waals surface area contributed by atoms with Gasteiger partial charge in [-0.05, 0) is 36.4 Å². The number of rotatable bonds is 5. The van der Waals surface area contributed by atoms with E-state index in [1.165, 1.54) is 7.11 Å². The van der Waals surface area contributed by atoms with Gasteiger partial charge in [-0.25, -0.2) is 0 Å². The van der Waals surface area contributed by atoms with Crippen LogP contribution in [0.25, 0.3) is 11.0 Å². The molecule has 1 heterocycles. The lowest BCUT2D eigenvalue weighted by molar-refractivity contribution is -0.115. The molecule has 1 N–H and O–H groups in total. The third-order valence-electron chi connectivity index (χ3n) is 3.65. The number of fused-ring (bicyclic) bond motifs is 1. The minimum atomic E-state index is -0.193. The fraction of sp³-hybridized carbons (Fsp3) is 0.167. The molecule has 0 atom stereocenters. The molecule has 3 rings (SSSR count). The van der Waals surface area contributed by atoms with Gasteiger partial charge in [0.2, 0.25) is 5.91 Å². The van der Waals surface area contributed by atoms with Crippen LogP contribution >= 0.6 is 11.6 Å². The molecular weight excluding hydrogens is 330 g/mol. The maximum Gasteiger partial charge on any atom is 0.229 e. The van der Waals surface area contributed by atoms with Gasteiger partial charge in [0.05, 0.1) is 32.6 Å². The summed E-state index contributed by atoms with van der Waals surface area (Å²) < 4.78 is 15.9. The van der Waals surface area contributed by atoms with E-state index >= 15 is 0 Å². The first kappa shape index (κ1) is 16.2. The van der Waals surface area contributed by atoms with Crippen LogP contribution in [0.3, 0.4) is 0 Å². The number of ether oxygens (including phenoxy) is 2. The number of halogens is 1. The summed E-state index contributed by atoms with van der Waals surface area (Å²) in [5.41, 5.74) is 2.02. The van der Waals surface area contributed by atoms with Gasteiger partial charge in [0.1, 0.15) is 17.1 Å². The minimum absolute atomic E-state index is 0.163. The van der Waals surface area contributed by atoms with Gasteiger partial charge in [-0.1, -0.05) is 11.6 Å². The Balaban J connectivity index is 1.81. The highest BCUT2D eigenvalue weighted by Gasteiger charge is 2.13. The largest absolute Gasteiger partial charge is 0.497 e. The molecule has 124 valence electrons. The predicted molar refractivity (Wildman–Crippen MR) is 93.1 cm³/mol. The zero-order valence-electron chi connectivity index (χ0n) is 13.3. The lowest BCUT2D eigenvalue weighted by Crippen LogP contribution is -2.14. The van der Waals surface area contributed by atoms with Crippen LogP contribution in [0.2, 0.25) is 5.02 Å². The molecule has 0 unspecified atom stereocenters. The Kier molecular flexibility index (Phi) is 4.62. The van der Waals surface area contributed by atoms with Crippen molar-refractivity contribution in [3.8, 4) is 11.5 Å². The van der Waals surface area contributed by atoms with Crippen LogP contribution < -0.4 is 14.8 Å². The zero-order chi connectivity index (χ0) is 17.1. The van der Waals surface area contributed by atoms with E-state index in [2.05, 4.69) is 5.32 Å². The van der Waals surface area contributed by atoms with E-state index in [9.17, 15) is 4.79 Å². The first-order valence-corrected chi connectivity index (χ1v) is 7.66. The Morgan fingerprint density at radius 1 is 1.17 bits per heavy atom. The summed E-state index contributed by atoms with van der Waals surface area (Å²) in [6, 6.07) is 10.5. The Hall–Kier alpha value is -2.66. The number of carbonyl (C=O) groups is 1. The quantitative estimate of drug-likeness (QED) is 0.749. The van der Waals surface area contributed by atoms with Crippen molar-refractivity contribution in [2.45, 2.75) is 6.42 Å². The van der Waals surface area contributed by atoms with Gasteiger partial charge in [0.15, 0.2) is 0 Å². The van der Waals surface area contributed by atoms with Crippen molar-refractivity contribution in [2.24, 2.45) is 0 Å². The van der Waals surface area contributed by atoms with Crippen LogP contribution in [0.1, 0.15) is 5.56 Å². The summed E-state index contributed by atoms with van der Waals surface area (Å²) in [5.74, 6) is 1.06. The van der Waals surface area contributed by atoms with Gasteiger partial charge < -0.3 is 19.2 Å². The van der Waals surface area contributed by atoms with Gasteiger partial charge in [0, 0.05) is 16.0 Å². The van der Waals surface area contributed by atoms with Crippen LogP contribution in [0.5, 0.6) is 11.5 Å². The second-order valence-corrected chi connectivity index (χ2v) is 5.63. The van der Waals surface area contributed by atoms with E-state index in [0.29, 0.717) is 27.8 Å². The first-order valence-electron chi connectivity index (χ1n) is 7.28. The Morgan fingerprint density at radius 2 is 2.00 bits per heavy atom. The minimum Gasteiger partial charge on any atom is -0.497 e. The second-order valence-electron chi connectivity index (χ2n) is 5.19. The summed E-state index contributed by atoms with van der Waals surface area (Å²) in [5, 5.41) is 4.18. The molecule has 0 aliphatic rings. The molecular formula is C18H16ClNO4. The fourth-order valence-corrected chi connectivity index (χ4v) is 2.64. The number of benzene rings is 2. The standard InChI is InChI=1S/C18H16ClNO4/c1-22-13-4-6-16-14(9-13)11(10-24-16)7-18(21)20-15-8-12(19)3-5-17(15)23-2/h3-6,8-10H,7H2,1-2H3,(H,20,21). The number of nitrogens with one attached hydrogen (secondary N) is 1. The average molecular weight is 346 g/mol. The monoisotopic (exact) mass is 345 g/mol. The molecule has 5 nitrogen and oxygen atoms in total. The fourth-order valence-electron chi connectivity index (χ4n) is 2.47. The van der Waals surface area contributed by atoms with Crippen LogP contribution in [0.4, 0.5) is 5.69 Å². The molecule has 1 aromatic heterocycles. The molecule has 0 bridgehead atoms. The second kappa shape index (κ2) is 6.84. The van der Waals surface area contributed by atoms with E-state index in [0.717, 1.165) is 10.9 Å². The van der Waals surface area contributed by atoms with Gasteiger partial charge >= 0.3 is 0 Å². The molecule has 6 heteroatoms. The normalized spacial score (nSPS) is 10.6. The number of methoxy groups -OCH3 is 2. The smallest absolute Gasteiger partial charge is 0.229 e. The summed E-state index contributed by atoms with van der Waals surface area (Å²) in [7, 11) is 3.13. The predicted octanol–water partition coefficient (Wildman–Crippen LogP) is 4.28. The van der Waals surface area contributed by atoms with E-state index < -0.39 is 0 Å². The van der Waals surface area contributed by atoms with E-state index in [4.69, 9.17) is 25.5 Å². The number of carbonyl (C=O) groups excluding carboxylic acids is 1. The van der Waals surface area contributed by atoms with Crippen molar-refractivity contribution in [3.63, 3.8) is 0 Å². The Labute approximate surface area is 144 Å². The van der Waals surface area contributed by atoms with Crippen LogP contribution in [-0.2, 0) is 11.2 Å². The zero-order valence-corrected chi connectivity index (χ0v) is 14.0. The molecule has 3 aromatic rings. The molecule has 1 amide bonds. The van der Waals surface area contributed by atoms with Crippen LogP contribution in [-0.4, -0.2) is 20.1 Å². The lowest BCUT2D eigenvalue weighted by Gasteiger charge is -2.10. The maximum atomic E-state index is 12.4. The van der Waals surface area contributed by atoms with Crippen LogP contribution in [0, 0.1) is 0 Å². The van der Waals surface area contributed by atoms with Crippen LogP contribution in [0.15, 0.2) is 47.1 Å². The number of anilines is 1. The Morgan fingerprint density at radius 3 is 2.75 bits per heavy atom. The molecule has 24 heavy (non-hydrogen) atoms. The number of amides is 1. The molecule has 0 saturated heterocycles. The summed E-state index contributed by atoms with van der Waals surface area (Å²) in [6.07, 6.45) is 1.74. The topological polar surface area (TPSA) is 60.7 Å². The van der Waals surface area contributed by atoms with Crippen molar-refractivity contribution in [1.82, 2.24) is 0 Å². The van der Waals surface area contributed by atoms with Crippen molar-refractivity contribution < 1.29 is 18.7 Å². The third-order valence-corrected chi connectivity index (χ3v) is 3.88. The first-order chi connectivity index (χ1) is 11.6. The van der Waals surface area contributed by atoms with Crippen molar-refractivity contribution >= 4 is 34.2 Å². The lowest BCUT2D eigenvalue weighted by atomic mass is 10.1. The highest BCUT2D eigenvalue weighted by molar-refractivity contribution is 6.31. The van der Waals surface area contributed by atoms with E-state index in [1.807, 2.05) is 18.2 Å². The van der Waals surface area contributed by atoms with Gasteiger partial charge in [0.25, 0.3) is 0 Å². The highest BCUT2D eigenvalue weighted by Crippen LogP contribution is 2.29. The van der Waals surface area contributed by atoms with Crippen molar-refractivity contribution in [2.75, 3.05) is 19.5 Å². The number of furan rings is 1. The molecule has 0 radical (unpaired) electrons. The SMILES string of the molecule is COc1ccc2occ(CC(=O)Nc3cc(Cl)ccc3OC)c2c1. The number of hydrogen-bond donors (Lipinski definition) is 1. The number of hydrogen-bond acceptors (Lipinski definition) is 4. The van der Waals surface area contributed by atoms with E-state index in [1.54, 1.807) is 31.6 Å².